The molecule has 0 aliphatic heterocycles. The molecule has 0 bridgehead atoms. The van der Waals surface area contributed by atoms with Crippen LogP contribution in [0.1, 0.15) is 11.1 Å². The minimum absolute atomic E-state index is 0.0218. The topological polar surface area (TPSA) is 203 Å². The molecule has 5 rings (SSSR count). The highest BCUT2D eigenvalue weighted by Gasteiger charge is 2.28. The van der Waals surface area contributed by atoms with E-state index in [0.29, 0.717) is 41.7 Å². The highest BCUT2D eigenvalue weighted by molar-refractivity contribution is 5.91. The van der Waals surface area contributed by atoms with Crippen molar-refractivity contribution in [2.24, 2.45) is 5.73 Å². The molecule has 0 fully saturated rings. The third kappa shape index (κ3) is 15.7. The molecule has 0 aliphatic rings. The van der Waals surface area contributed by atoms with Crippen LogP contribution in [0.2, 0.25) is 0 Å². The average Bonchev–Trinajstić information content (AvgIpc) is 3.31. The predicted molar refractivity (Wildman–Crippen MR) is 239 cm³/mol. The quantitative estimate of drug-likeness (QED) is 0.0771. The van der Waals surface area contributed by atoms with E-state index in [2.05, 4.69) is 15.3 Å². The zero-order chi connectivity index (χ0) is 45.5. The highest BCUT2D eigenvalue weighted by atomic mass is 16.5. The minimum atomic E-state index is -0.723. The molecule has 17 nitrogen and oxygen atoms in total. The van der Waals surface area contributed by atoms with Crippen LogP contribution in [0.3, 0.4) is 0 Å². The first-order chi connectivity index (χ1) is 31.1. The summed E-state index contributed by atoms with van der Waals surface area (Å²) in [5.41, 5.74) is 9.29. The van der Waals surface area contributed by atoms with Crippen molar-refractivity contribution in [3.63, 3.8) is 0 Å². The molecule has 64 heavy (non-hydrogen) atoms. The second-order valence-corrected chi connectivity index (χ2v) is 14.6. The summed E-state index contributed by atoms with van der Waals surface area (Å²) in [4.78, 5) is 87.4. The number of pyridine rings is 3. The van der Waals surface area contributed by atoms with Crippen molar-refractivity contribution < 1.29 is 38.2 Å². The maximum absolute atomic E-state index is 14.5. The van der Waals surface area contributed by atoms with Gasteiger partial charge in [-0.25, -0.2) is 4.98 Å². The van der Waals surface area contributed by atoms with Gasteiger partial charge in [-0.15, -0.1) is 0 Å². The lowest BCUT2D eigenvalue weighted by Crippen LogP contribution is -2.51. The third-order valence-electron chi connectivity index (χ3n) is 9.78. The van der Waals surface area contributed by atoms with Crippen LogP contribution in [-0.4, -0.2) is 150 Å². The number of rotatable bonds is 26. The summed E-state index contributed by atoms with van der Waals surface area (Å²) in [6.45, 7) is -0.664. The second-order valence-electron chi connectivity index (χ2n) is 14.6. The van der Waals surface area contributed by atoms with E-state index in [-0.39, 0.29) is 64.9 Å². The predicted octanol–water partition coefficient (Wildman–Crippen LogP) is 2.67. The molecular weight excluding hydrogens is 819 g/mol. The Morgan fingerprint density at radius 2 is 1.02 bits per heavy atom. The minimum Gasteiger partial charge on any atom is -0.492 e. The molecule has 0 saturated heterocycles. The van der Waals surface area contributed by atoms with Gasteiger partial charge in [0.15, 0.2) is 0 Å². The SMILES string of the molecule is COCCNCC(=O)N(CC(=O)N(CCOc1cc(-c2ccccn2)nc(-c2ccccn2)c1)CC(=O)N(CC(=O)N(CCOC)CC(N)=O)Cc1ccccc1)Cc1ccccc1. The van der Waals surface area contributed by atoms with Crippen molar-refractivity contribution in [1.29, 1.82) is 0 Å². The lowest BCUT2D eigenvalue weighted by molar-refractivity contribution is -0.147. The van der Waals surface area contributed by atoms with Gasteiger partial charge in [0.2, 0.25) is 29.5 Å². The zero-order valence-electron chi connectivity index (χ0n) is 36.2. The maximum Gasteiger partial charge on any atom is 0.242 e. The number of carbonyl (C=O) groups excluding carboxylic acids is 5. The first-order valence-corrected chi connectivity index (χ1v) is 20.8. The van der Waals surface area contributed by atoms with Gasteiger partial charge in [-0.05, 0) is 35.4 Å². The summed E-state index contributed by atoms with van der Waals surface area (Å²) in [6.07, 6.45) is 3.33. The van der Waals surface area contributed by atoms with E-state index in [4.69, 9.17) is 24.9 Å². The Hall–Kier alpha value is -7.08. The van der Waals surface area contributed by atoms with Crippen molar-refractivity contribution in [2.45, 2.75) is 13.1 Å². The van der Waals surface area contributed by atoms with Gasteiger partial charge in [0.25, 0.3) is 0 Å². The Kier molecular flexibility index (Phi) is 19.3. The second kappa shape index (κ2) is 25.8. The Balaban J connectivity index is 1.44. The number of nitrogens with one attached hydrogen (secondary N) is 1. The van der Waals surface area contributed by atoms with Gasteiger partial charge >= 0.3 is 0 Å². The number of primary amides is 1. The molecule has 0 radical (unpaired) electrons. The summed E-state index contributed by atoms with van der Waals surface area (Å²) in [5, 5.41) is 3.05. The van der Waals surface area contributed by atoms with Gasteiger partial charge in [-0.3, -0.25) is 33.9 Å². The molecule has 0 atom stereocenters. The van der Waals surface area contributed by atoms with Gasteiger partial charge in [-0.2, -0.15) is 0 Å². The van der Waals surface area contributed by atoms with Crippen molar-refractivity contribution in [3.05, 3.63) is 133 Å². The molecule has 3 aromatic heterocycles. The number of ether oxygens (including phenoxy) is 3. The molecule has 17 heteroatoms. The molecule has 0 saturated carbocycles. The van der Waals surface area contributed by atoms with Crippen LogP contribution in [0, 0.1) is 0 Å². The van der Waals surface area contributed by atoms with E-state index in [0.717, 1.165) is 11.1 Å². The van der Waals surface area contributed by atoms with Crippen molar-refractivity contribution in [2.75, 3.05) is 86.4 Å². The Labute approximate surface area is 373 Å². The summed E-state index contributed by atoms with van der Waals surface area (Å²) >= 11 is 0. The maximum atomic E-state index is 14.5. The fourth-order valence-corrected chi connectivity index (χ4v) is 6.47. The summed E-state index contributed by atoms with van der Waals surface area (Å²) in [7, 11) is 3.03. The Morgan fingerprint density at radius 1 is 0.547 bits per heavy atom. The fourth-order valence-electron chi connectivity index (χ4n) is 6.47. The Bertz CT molecular complexity index is 2180. The van der Waals surface area contributed by atoms with Gasteiger partial charge in [0, 0.05) is 64.9 Å². The summed E-state index contributed by atoms with van der Waals surface area (Å²) in [5.74, 6) is -2.26. The first-order valence-electron chi connectivity index (χ1n) is 20.8. The average molecular weight is 874 g/mol. The standard InChI is InChI=1S/C47H55N9O8/c1-62-24-21-49-29-44(58)55(30-36-13-5-3-6-14-36)34-46(60)54(23-26-64-38-27-41(39-17-9-11-19-50-39)52-42(28-38)40-18-10-12-20-51-40)33-47(61)56(31-37-15-7-4-8-16-37)35-45(59)53(22-25-63-2)32-43(48)57/h3-20,27-28,49H,21-26,29-35H2,1-2H3,(H2,48,57). The first kappa shape index (κ1) is 48.0. The number of nitrogens with zero attached hydrogens (tertiary/aromatic N) is 7. The molecule has 0 unspecified atom stereocenters. The van der Waals surface area contributed by atoms with Crippen molar-refractivity contribution >= 4 is 29.5 Å². The number of nitrogens with two attached hydrogens (primary N) is 1. The lowest BCUT2D eigenvalue weighted by Gasteiger charge is -2.31. The molecule has 0 aliphatic carbocycles. The van der Waals surface area contributed by atoms with Crippen LogP contribution in [0.4, 0.5) is 0 Å². The van der Waals surface area contributed by atoms with Gasteiger partial charge in [0.1, 0.15) is 25.4 Å². The number of methoxy groups -OCH3 is 2. The van der Waals surface area contributed by atoms with Crippen LogP contribution in [-0.2, 0) is 46.5 Å². The number of aromatic nitrogens is 3. The van der Waals surface area contributed by atoms with E-state index in [1.54, 1.807) is 43.8 Å². The molecule has 2 aromatic carbocycles. The van der Waals surface area contributed by atoms with E-state index in [1.165, 1.54) is 26.7 Å². The highest BCUT2D eigenvalue weighted by Crippen LogP contribution is 2.26. The van der Waals surface area contributed by atoms with Crippen LogP contribution in [0.5, 0.6) is 5.75 Å². The monoisotopic (exact) mass is 873 g/mol. The van der Waals surface area contributed by atoms with E-state index < -0.39 is 36.7 Å². The van der Waals surface area contributed by atoms with Gasteiger partial charge < -0.3 is 44.9 Å². The van der Waals surface area contributed by atoms with Crippen LogP contribution >= 0.6 is 0 Å². The van der Waals surface area contributed by atoms with Crippen molar-refractivity contribution in [1.82, 2.24) is 39.9 Å². The van der Waals surface area contributed by atoms with E-state index in [1.807, 2.05) is 84.9 Å². The number of hydrogen-bond donors (Lipinski definition) is 2. The van der Waals surface area contributed by atoms with Gasteiger partial charge in [0.05, 0.1) is 62.2 Å². The Morgan fingerprint density at radius 3 is 1.52 bits per heavy atom. The van der Waals surface area contributed by atoms with E-state index in [9.17, 15) is 24.0 Å². The number of hydrogen-bond acceptors (Lipinski definition) is 12. The molecule has 336 valence electrons. The van der Waals surface area contributed by atoms with Crippen LogP contribution in [0.25, 0.3) is 22.8 Å². The third-order valence-corrected chi connectivity index (χ3v) is 9.78. The molecule has 3 heterocycles. The smallest absolute Gasteiger partial charge is 0.242 e. The van der Waals surface area contributed by atoms with E-state index >= 15 is 0 Å². The van der Waals surface area contributed by atoms with Gasteiger partial charge in [-0.1, -0.05) is 72.8 Å². The lowest BCUT2D eigenvalue weighted by atomic mass is 10.2. The summed E-state index contributed by atoms with van der Waals surface area (Å²) < 4.78 is 16.6. The molecule has 5 amide bonds. The number of benzene rings is 2. The molecule has 0 spiro atoms. The zero-order valence-corrected chi connectivity index (χ0v) is 36.2. The van der Waals surface area contributed by atoms with Crippen molar-refractivity contribution in [3.8, 4) is 28.5 Å². The fraction of sp³-hybridized carbons (Fsp3) is 0.319. The number of amides is 5. The molecule has 5 aromatic rings. The normalized spacial score (nSPS) is 10.8. The molecular formula is C47H55N9O8. The number of carbonyl (C=O) groups is 5. The van der Waals surface area contributed by atoms with Crippen LogP contribution < -0.4 is 15.8 Å². The van der Waals surface area contributed by atoms with Crippen LogP contribution in [0.15, 0.2) is 122 Å². The molecule has 3 N–H and O–H groups in total. The largest absolute Gasteiger partial charge is 0.492 e. The summed E-state index contributed by atoms with van der Waals surface area (Å²) in [6, 6.07) is 32.8.